The van der Waals surface area contributed by atoms with Gasteiger partial charge in [-0.25, -0.2) is 4.79 Å². The number of alkyl halides is 2. The molecule has 0 spiro atoms. The molecule has 1 amide bonds. The van der Waals surface area contributed by atoms with Crippen LogP contribution in [0.1, 0.15) is 10.4 Å². The third-order valence-electron chi connectivity index (χ3n) is 3.35. The van der Waals surface area contributed by atoms with Crippen LogP contribution in [0.5, 0.6) is 11.5 Å². The predicted molar refractivity (Wildman–Crippen MR) is 96.8 cm³/mol. The van der Waals surface area contributed by atoms with Gasteiger partial charge < -0.3 is 19.5 Å². The lowest BCUT2D eigenvalue weighted by Gasteiger charge is -2.13. The number of methoxy groups -OCH3 is 2. The maximum atomic E-state index is 12.7. The molecule has 0 aromatic heterocycles. The quantitative estimate of drug-likeness (QED) is 0.539. The van der Waals surface area contributed by atoms with Crippen LogP contribution in [0.3, 0.4) is 0 Å². The van der Waals surface area contributed by atoms with Gasteiger partial charge in [-0.15, -0.1) is 0 Å². The van der Waals surface area contributed by atoms with Gasteiger partial charge in [0.05, 0.1) is 19.9 Å². The van der Waals surface area contributed by atoms with Crippen LogP contribution in [0, 0.1) is 0 Å². The number of anilines is 1. The molecule has 6 nitrogen and oxygen atoms in total. The Morgan fingerprint density at radius 1 is 1.11 bits per heavy atom. The topological polar surface area (TPSA) is 73.9 Å². The Hall–Kier alpha value is -2.81. The number of rotatable bonds is 8. The van der Waals surface area contributed by atoms with E-state index < -0.39 is 17.6 Å². The van der Waals surface area contributed by atoms with Crippen LogP contribution in [0.25, 0.3) is 0 Å². The summed E-state index contributed by atoms with van der Waals surface area (Å²) in [6.07, 6.45) is 0. The number of hydrogen-bond acceptors (Lipinski definition) is 6. The first-order valence-corrected chi connectivity index (χ1v) is 8.55. The Labute approximate surface area is 158 Å². The summed E-state index contributed by atoms with van der Waals surface area (Å²) in [5.41, 5.74) is 0.466. The van der Waals surface area contributed by atoms with Gasteiger partial charge in [0.1, 0.15) is 0 Å². The first-order chi connectivity index (χ1) is 12.9. The van der Waals surface area contributed by atoms with Gasteiger partial charge in [0.15, 0.2) is 18.1 Å². The fraction of sp³-hybridized carbons (Fsp3) is 0.222. The number of hydrogen-bond donors (Lipinski definition) is 1. The van der Waals surface area contributed by atoms with Gasteiger partial charge in [-0.2, -0.15) is 8.78 Å². The van der Waals surface area contributed by atoms with Crippen molar-refractivity contribution in [2.24, 2.45) is 0 Å². The molecule has 0 atom stereocenters. The molecule has 0 fully saturated rings. The fourth-order valence-electron chi connectivity index (χ4n) is 2.09. The van der Waals surface area contributed by atoms with Gasteiger partial charge in [0, 0.05) is 10.5 Å². The van der Waals surface area contributed by atoms with Gasteiger partial charge >= 0.3 is 5.97 Å². The number of carbonyl (C=O) groups excluding carboxylic acids is 2. The van der Waals surface area contributed by atoms with E-state index in [1.165, 1.54) is 44.6 Å². The molecule has 1 N–H and O–H groups in total. The average molecular weight is 397 g/mol. The van der Waals surface area contributed by atoms with E-state index in [2.05, 4.69) is 10.1 Å². The molecule has 0 saturated carbocycles. The molecule has 2 aromatic rings. The van der Waals surface area contributed by atoms with E-state index in [4.69, 9.17) is 9.47 Å². The molecule has 2 rings (SSSR count). The van der Waals surface area contributed by atoms with E-state index in [1.54, 1.807) is 12.1 Å². The minimum Gasteiger partial charge on any atom is -0.493 e. The second-order valence-electron chi connectivity index (χ2n) is 5.06. The summed E-state index contributed by atoms with van der Waals surface area (Å²) >= 11 is 0.341. The lowest BCUT2D eigenvalue weighted by Crippen LogP contribution is -2.15. The van der Waals surface area contributed by atoms with E-state index in [0.29, 0.717) is 17.5 Å². The van der Waals surface area contributed by atoms with Crippen molar-refractivity contribution in [2.45, 2.75) is 10.7 Å². The molecule has 2 aromatic carbocycles. The molecule has 0 unspecified atom stereocenters. The highest BCUT2D eigenvalue weighted by Gasteiger charge is 2.15. The maximum Gasteiger partial charge on any atom is 0.343 e. The van der Waals surface area contributed by atoms with E-state index >= 15 is 0 Å². The zero-order chi connectivity index (χ0) is 19.8. The maximum absolute atomic E-state index is 12.7. The zero-order valence-corrected chi connectivity index (χ0v) is 15.3. The molecule has 0 heterocycles. The van der Waals surface area contributed by atoms with E-state index in [9.17, 15) is 18.4 Å². The lowest BCUT2D eigenvalue weighted by molar-refractivity contribution is -0.142. The molecule has 0 aliphatic heterocycles. The van der Waals surface area contributed by atoms with Crippen LogP contribution in [0.15, 0.2) is 47.4 Å². The normalized spacial score (nSPS) is 10.4. The van der Waals surface area contributed by atoms with E-state index in [1.807, 2.05) is 0 Å². The first-order valence-electron chi connectivity index (χ1n) is 7.67. The number of para-hydroxylation sites is 1. The van der Waals surface area contributed by atoms with Crippen LogP contribution >= 0.6 is 11.8 Å². The largest absolute Gasteiger partial charge is 0.493 e. The number of nitrogens with one attached hydrogen (secondary N) is 1. The van der Waals surface area contributed by atoms with Crippen LogP contribution in [-0.2, 0) is 9.53 Å². The Morgan fingerprint density at radius 3 is 2.52 bits per heavy atom. The smallest absolute Gasteiger partial charge is 0.343 e. The molecular formula is C18H17F2NO5S. The number of thioether (sulfide) groups is 1. The summed E-state index contributed by atoms with van der Waals surface area (Å²) in [5.74, 6) is -3.23. The zero-order valence-electron chi connectivity index (χ0n) is 14.5. The Balaban J connectivity index is 2.20. The second kappa shape index (κ2) is 9.77. The Morgan fingerprint density at radius 2 is 1.85 bits per heavy atom. The summed E-state index contributed by atoms with van der Waals surface area (Å²) in [7, 11) is 2.64. The fourth-order valence-corrected chi connectivity index (χ4v) is 2.68. The van der Waals surface area contributed by atoms with Crippen molar-refractivity contribution in [2.75, 3.05) is 26.1 Å². The average Bonchev–Trinajstić information content (AvgIpc) is 2.66. The van der Waals surface area contributed by atoms with Crippen LogP contribution in [0.2, 0.25) is 0 Å². The van der Waals surface area contributed by atoms with E-state index in [0.717, 1.165) is 0 Å². The molecule has 0 bridgehead atoms. The van der Waals surface area contributed by atoms with Crippen LogP contribution < -0.4 is 14.8 Å². The number of ether oxygens (including phenoxy) is 3. The molecule has 9 heteroatoms. The molecule has 144 valence electrons. The number of benzene rings is 2. The van der Waals surface area contributed by atoms with Crippen molar-refractivity contribution in [3.63, 3.8) is 0 Å². The molecule has 0 aliphatic carbocycles. The van der Waals surface area contributed by atoms with Crippen molar-refractivity contribution < 1.29 is 32.6 Å². The third-order valence-corrected chi connectivity index (χ3v) is 4.14. The molecule has 0 radical (unpaired) electrons. The van der Waals surface area contributed by atoms with Gasteiger partial charge in [-0.1, -0.05) is 23.9 Å². The van der Waals surface area contributed by atoms with Crippen molar-refractivity contribution in [3.8, 4) is 11.5 Å². The van der Waals surface area contributed by atoms with E-state index in [-0.39, 0.29) is 28.5 Å². The second-order valence-corrected chi connectivity index (χ2v) is 6.09. The van der Waals surface area contributed by atoms with Crippen molar-refractivity contribution >= 4 is 29.3 Å². The minimum atomic E-state index is -2.61. The lowest BCUT2D eigenvalue weighted by atomic mass is 10.2. The molecular weight excluding hydrogens is 380 g/mol. The summed E-state index contributed by atoms with van der Waals surface area (Å²) in [4.78, 5) is 24.0. The van der Waals surface area contributed by atoms with Crippen molar-refractivity contribution in [1.29, 1.82) is 0 Å². The SMILES string of the molecule is COC(=O)COc1cc(C(=O)Nc2ccccc2SC(F)F)ccc1OC. The molecule has 0 aliphatic rings. The minimum absolute atomic E-state index is 0.172. The first kappa shape index (κ1) is 20.5. The highest BCUT2D eigenvalue weighted by Crippen LogP contribution is 2.33. The number of halogens is 2. The number of amides is 1. The summed E-state index contributed by atoms with van der Waals surface area (Å²) in [5, 5.41) is 2.59. The van der Waals surface area contributed by atoms with Gasteiger partial charge in [-0.3, -0.25) is 4.79 Å². The summed E-state index contributed by atoms with van der Waals surface area (Å²) in [6.45, 7) is -0.355. The number of esters is 1. The highest BCUT2D eigenvalue weighted by molar-refractivity contribution is 7.99. The van der Waals surface area contributed by atoms with Gasteiger partial charge in [0.2, 0.25) is 0 Å². The van der Waals surface area contributed by atoms with Crippen molar-refractivity contribution in [1.82, 2.24) is 0 Å². The Kier molecular flexibility index (Phi) is 7.42. The van der Waals surface area contributed by atoms with Gasteiger partial charge in [-0.05, 0) is 30.3 Å². The molecule has 0 saturated heterocycles. The number of carbonyl (C=O) groups is 2. The standard InChI is InChI=1S/C18H17F2NO5S/c1-24-13-8-7-11(9-14(13)26-10-16(22)25-2)17(23)21-12-5-3-4-6-15(12)27-18(19)20/h3-9,18H,10H2,1-2H3,(H,21,23). The van der Waals surface area contributed by atoms with Crippen molar-refractivity contribution in [3.05, 3.63) is 48.0 Å². The monoisotopic (exact) mass is 397 g/mol. The predicted octanol–water partition coefficient (Wildman–Crippen LogP) is 3.81. The van der Waals surface area contributed by atoms with Gasteiger partial charge in [0.25, 0.3) is 11.7 Å². The van der Waals surface area contributed by atoms with Crippen LogP contribution in [0.4, 0.5) is 14.5 Å². The molecule has 27 heavy (non-hydrogen) atoms. The Bertz CT molecular complexity index is 816. The third kappa shape index (κ3) is 5.85. The summed E-state index contributed by atoms with van der Waals surface area (Å²) < 4.78 is 40.3. The summed E-state index contributed by atoms with van der Waals surface area (Å²) in [6, 6.07) is 10.6. The highest BCUT2D eigenvalue weighted by atomic mass is 32.2. The van der Waals surface area contributed by atoms with Crippen LogP contribution in [-0.4, -0.2) is 38.5 Å².